The molecule has 2 unspecified atom stereocenters. The predicted octanol–water partition coefficient (Wildman–Crippen LogP) is 22.5. The van der Waals surface area contributed by atoms with Gasteiger partial charge >= 0.3 is 5.97 Å². The number of unbranched alkanes of at least 4 members (excludes halogenated alkanes) is 51. The van der Waals surface area contributed by atoms with Gasteiger partial charge in [-0.25, -0.2) is 0 Å². The summed E-state index contributed by atoms with van der Waals surface area (Å²) in [5.41, 5.74) is 0. The molecule has 0 heterocycles. The molecule has 1 amide bonds. The van der Waals surface area contributed by atoms with Crippen molar-refractivity contribution in [3.05, 3.63) is 24.3 Å². The first-order valence-corrected chi connectivity index (χ1v) is 35.1. The van der Waals surface area contributed by atoms with E-state index < -0.39 is 12.1 Å². The second-order valence-electron chi connectivity index (χ2n) is 24.2. The van der Waals surface area contributed by atoms with Crippen LogP contribution in [0.1, 0.15) is 393 Å². The molecular weight excluding hydrogens is 947 g/mol. The van der Waals surface area contributed by atoms with Gasteiger partial charge in [-0.1, -0.05) is 327 Å². The maximum absolute atomic E-state index is 12.5. The summed E-state index contributed by atoms with van der Waals surface area (Å²) in [6.07, 6.45) is 83.8. The summed E-state index contributed by atoms with van der Waals surface area (Å²) >= 11 is 0. The number of ether oxygens (including phenoxy) is 1. The first-order valence-electron chi connectivity index (χ1n) is 35.1. The SMILES string of the molecule is CCCCCCCCC/C=C\CCCCCCCCCC(=O)OCCCCCCCCCCCCCC/C=C\CCCCCCCCCCCCCCCCCC(=O)NC(CO)C(O)CCCCCCCCCCCCC. The highest BCUT2D eigenvalue weighted by Crippen LogP contribution is 2.18. The van der Waals surface area contributed by atoms with Crippen LogP contribution in [0.5, 0.6) is 0 Å². The number of carbonyl (C=O) groups is 2. The highest BCUT2D eigenvalue weighted by molar-refractivity contribution is 5.76. The van der Waals surface area contributed by atoms with E-state index in [1.165, 1.54) is 315 Å². The number of hydrogen-bond acceptors (Lipinski definition) is 5. The fourth-order valence-electron chi connectivity index (χ4n) is 11.1. The van der Waals surface area contributed by atoms with E-state index in [4.69, 9.17) is 4.74 Å². The minimum Gasteiger partial charge on any atom is -0.466 e. The Labute approximate surface area is 481 Å². The van der Waals surface area contributed by atoms with Crippen molar-refractivity contribution in [1.82, 2.24) is 5.32 Å². The van der Waals surface area contributed by atoms with Crippen LogP contribution in [-0.4, -0.2) is 47.4 Å². The number of hydrogen-bond donors (Lipinski definition) is 3. The fraction of sp³-hybridized carbons (Fsp3) is 0.915. The lowest BCUT2D eigenvalue weighted by molar-refractivity contribution is -0.143. The van der Waals surface area contributed by atoms with Gasteiger partial charge in [0.2, 0.25) is 5.91 Å². The minimum atomic E-state index is -0.661. The topological polar surface area (TPSA) is 95.9 Å². The molecule has 0 aromatic carbocycles. The summed E-state index contributed by atoms with van der Waals surface area (Å²) < 4.78 is 5.50. The van der Waals surface area contributed by atoms with Gasteiger partial charge in [0.05, 0.1) is 25.4 Å². The van der Waals surface area contributed by atoms with Crippen molar-refractivity contribution in [1.29, 1.82) is 0 Å². The lowest BCUT2D eigenvalue weighted by Gasteiger charge is -2.22. The van der Waals surface area contributed by atoms with Gasteiger partial charge in [0.1, 0.15) is 0 Å². The molecule has 0 saturated carbocycles. The summed E-state index contributed by atoms with van der Waals surface area (Å²) in [5, 5.41) is 23.2. The average molecular weight is 1080 g/mol. The molecule has 0 aliphatic rings. The molecule has 456 valence electrons. The van der Waals surface area contributed by atoms with Crippen LogP contribution in [0.3, 0.4) is 0 Å². The lowest BCUT2D eigenvalue weighted by Crippen LogP contribution is -2.45. The van der Waals surface area contributed by atoms with Gasteiger partial charge in [0, 0.05) is 12.8 Å². The van der Waals surface area contributed by atoms with Gasteiger partial charge in [0.15, 0.2) is 0 Å². The quantitative estimate of drug-likeness (QED) is 0.0320. The van der Waals surface area contributed by atoms with Gasteiger partial charge in [-0.2, -0.15) is 0 Å². The summed E-state index contributed by atoms with van der Waals surface area (Å²) in [6, 6.07) is -0.538. The Balaban J connectivity index is 3.33. The van der Waals surface area contributed by atoms with Crippen molar-refractivity contribution in [3.63, 3.8) is 0 Å². The zero-order valence-corrected chi connectivity index (χ0v) is 52.2. The first-order chi connectivity index (χ1) is 38.0. The van der Waals surface area contributed by atoms with E-state index in [1.807, 2.05) is 0 Å². The molecule has 0 aliphatic heterocycles. The molecule has 0 spiro atoms. The number of esters is 1. The van der Waals surface area contributed by atoms with E-state index in [2.05, 4.69) is 43.5 Å². The van der Waals surface area contributed by atoms with Crippen molar-refractivity contribution in [2.75, 3.05) is 13.2 Å². The standard InChI is InChI=1S/C71H137NO5/c1-3-5-7-9-11-13-15-16-17-18-35-38-41-45-49-53-57-61-65-71(76)77-66-62-58-54-50-46-42-39-36-33-31-29-27-25-23-21-19-20-22-24-26-28-30-32-34-37-40-44-48-52-56-60-64-70(75)72-68(67-73)69(74)63-59-55-51-47-43-14-12-10-8-6-4-2/h17-18,21,23,68-69,73-74H,3-16,19-20,22,24-67H2,1-2H3,(H,72,75)/b18-17-,23-21-. The van der Waals surface area contributed by atoms with E-state index >= 15 is 0 Å². The van der Waals surface area contributed by atoms with Crippen LogP contribution in [0.15, 0.2) is 24.3 Å². The van der Waals surface area contributed by atoms with Crippen molar-refractivity contribution in [2.24, 2.45) is 0 Å². The van der Waals surface area contributed by atoms with Gasteiger partial charge < -0.3 is 20.3 Å². The highest BCUT2D eigenvalue weighted by atomic mass is 16.5. The number of nitrogens with one attached hydrogen (secondary N) is 1. The smallest absolute Gasteiger partial charge is 0.305 e. The molecule has 0 saturated heterocycles. The van der Waals surface area contributed by atoms with Crippen LogP contribution < -0.4 is 5.32 Å². The minimum absolute atomic E-state index is 0.0154. The Kier molecular flexibility index (Phi) is 65.4. The van der Waals surface area contributed by atoms with Crippen molar-refractivity contribution in [3.8, 4) is 0 Å². The van der Waals surface area contributed by atoms with E-state index in [0.29, 0.717) is 25.9 Å². The normalized spacial score (nSPS) is 12.6. The van der Waals surface area contributed by atoms with Crippen LogP contribution in [0, 0.1) is 0 Å². The number of rotatable bonds is 66. The highest BCUT2D eigenvalue weighted by Gasteiger charge is 2.20. The fourth-order valence-corrected chi connectivity index (χ4v) is 11.1. The van der Waals surface area contributed by atoms with Crippen LogP contribution in [-0.2, 0) is 14.3 Å². The molecule has 0 aromatic heterocycles. The Morgan fingerprint density at radius 2 is 0.610 bits per heavy atom. The first kappa shape index (κ1) is 75.3. The molecule has 0 fully saturated rings. The lowest BCUT2D eigenvalue weighted by atomic mass is 10.0. The van der Waals surface area contributed by atoms with E-state index in [-0.39, 0.29) is 18.5 Å². The van der Waals surface area contributed by atoms with Crippen LogP contribution in [0.4, 0.5) is 0 Å². The Hall–Kier alpha value is -1.66. The van der Waals surface area contributed by atoms with Crippen molar-refractivity contribution >= 4 is 11.9 Å². The molecule has 0 rings (SSSR count). The Morgan fingerprint density at radius 1 is 0.351 bits per heavy atom. The van der Waals surface area contributed by atoms with Crippen LogP contribution in [0.25, 0.3) is 0 Å². The van der Waals surface area contributed by atoms with Gasteiger partial charge in [0.25, 0.3) is 0 Å². The van der Waals surface area contributed by atoms with Gasteiger partial charge in [-0.15, -0.1) is 0 Å². The molecule has 0 aliphatic carbocycles. The third-order valence-corrected chi connectivity index (χ3v) is 16.5. The second-order valence-corrected chi connectivity index (χ2v) is 24.2. The number of carbonyl (C=O) groups excluding carboxylic acids is 2. The Morgan fingerprint density at radius 3 is 0.922 bits per heavy atom. The molecule has 6 heteroatoms. The Bertz CT molecular complexity index is 1200. The number of aliphatic hydroxyl groups excluding tert-OH is 2. The van der Waals surface area contributed by atoms with E-state index in [1.54, 1.807) is 0 Å². The summed E-state index contributed by atoms with van der Waals surface area (Å²) in [5.74, 6) is -0.0168. The van der Waals surface area contributed by atoms with Crippen LogP contribution >= 0.6 is 0 Å². The van der Waals surface area contributed by atoms with Crippen molar-refractivity contribution < 1.29 is 24.5 Å². The van der Waals surface area contributed by atoms with Gasteiger partial charge in [-0.05, 0) is 77.0 Å². The van der Waals surface area contributed by atoms with Gasteiger partial charge in [-0.3, -0.25) is 9.59 Å². The maximum Gasteiger partial charge on any atom is 0.305 e. The van der Waals surface area contributed by atoms with E-state index in [9.17, 15) is 19.8 Å². The zero-order chi connectivity index (χ0) is 55.7. The third-order valence-electron chi connectivity index (χ3n) is 16.5. The molecule has 0 bridgehead atoms. The second kappa shape index (κ2) is 66.8. The molecule has 77 heavy (non-hydrogen) atoms. The number of aliphatic hydroxyl groups is 2. The maximum atomic E-state index is 12.5. The monoisotopic (exact) mass is 1080 g/mol. The summed E-state index contributed by atoms with van der Waals surface area (Å²) in [7, 11) is 0. The van der Waals surface area contributed by atoms with Crippen molar-refractivity contribution in [2.45, 2.75) is 405 Å². The molecule has 6 nitrogen and oxygen atoms in total. The molecular formula is C71H137NO5. The van der Waals surface area contributed by atoms with Crippen LogP contribution in [0.2, 0.25) is 0 Å². The summed E-state index contributed by atoms with van der Waals surface area (Å²) in [6.45, 7) is 4.97. The molecule has 3 N–H and O–H groups in total. The molecule has 0 radical (unpaired) electrons. The average Bonchev–Trinajstić information content (AvgIpc) is 3.43. The molecule has 2 atom stereocenters. The van der Waals surface area contributed by atoms with E-state index in [0.717, 1.165) is 44.9 Å². The molecule has 0 aromatic rings. The third kappa shape index (κ3) is 63.4. The summed E-state index contributed by atoms with van der Waals surface area (Å²) in [4.78, 5) is 24.6. The number of allylic oxidation sites excluding steroid dienone is 4. The largest absolute Gasteiger partial charge is 0.466 e. The number of amides is 1. The zero-order valence-electron chi connectivity index (χ0n) is 52.2. The predicted molar refractivity (Wildman–Crippen MR) is 338 cm³/mol.